The van der Waals surface area contributed by atoms with Crippen LogP contribution < -0.4 is 5.30 Å². The van der Waals surface area contributed by atoms with Crippen molar-refractivity contribution in [1.29, 1.82) is 0 Å². The molecule has 0 aliphatic heterocycles. The third-order valence-electron chi connectivity index (χ3n) is 1.88. The Kier molecular flexibility index (Phi) is 4.74. The summed E-state index contributed by atoms with van der Waals surface area (Å²) in [6.07, 6.45) is 0. The molecule has 3 nitrogen and oxygen atoms in total. The number of rotatable bonds is 5. The second-order valence-corrected chi connectivity index (χ2v) is 5.08. The van der Waals surface area contributed by atoms with Gasteiger partial charge in [0.1, 0.15) is 0 Å². The molecule has 96 valence electrons. The van der Waals surface area contributed by atoms with Crippen molar-refractivity contribution in [3.8, 4) is 0 Å². The van der Waals surface area contributed by atoms with Crippen molar-refractivity contribution in [2.45, 2.75) is 13.8 Å². The van der Waals surface area contributed by atoms with E-state index in [2.05, 4.69) is 0 Å². The van der Waals surface area contributed by atoms with E-state index in [0.29, 0.717) is 12.1 Å². The van der Waals surface area contributed by atoms with Crippen LogP contribution in [0.5, 0.6) is 0 Å². The fraction of sp³-hybridized carbons (Fsp3) is 0.400. The quantitative estimate of drug-likeness (QED) is 0.608. The summed E-state index contributed by atoms with van der Waals surface area (Å²) >= 11 is 0. The minimum Gasteiger partial charge on any atom is -0.305 e. The highest BCUT2D eigenvalue weighted by molar-refractivity contribution is 7.62. The van der Waals surface area contributed by atoms with Crippen LogP contribution >= 0.6 is 7.60 Å². The normalized spacial score (nSPS) is 11.8. The standard InChI is InChI=1S/C10H12F3O3P/c1-3-15-17(14,16-4-2)7-5-8(11)10(13)9(12)6-7/h5-6H,3-4H2,1-2H3. The summed E-state index contributed by atoms with van der Waals surface area (Å²) in [7, 11) is -3.79. The molecule has 0 aliphatic rings. The van der Waals surface area contributed by atoms with Crippen molar-refractivity contribution in [3.63, 3.8) is 0 Å². The third kappa shape index (κ3) is 3.09. The summed E-state index contributed by atoms with van der Waals surface area (Å²) in [5, 5.41) is -0.336. The van der Waals surface area contributed by atoms with Crippen LogP contribution in [-0.4, -0.2) is 13.2 Å². The minimum absolute atomic E-state index is 0.0396. The van der Waals surface area contributed by atoms with Gasteiger partial charge in [0.15, 0.2) is 17.5 Å². The van der Waals surface area contributed by atoms with Gasteiger partial charge in [-0.3, -0.25) is 4.57 Å². The van der Waals surface area contributed by atoms with E-state index in [9.17, 15) is 17.7 Å². The highest BCUT2D eigenvalue weighted by atomic mass is 31.2. The van der Waals surface area contributed by atoms with E-state index in [-0.39, 0.29) is 18.5 Å². The van der Waals surface area contributed by atoms with Crippen molar-refractivity contribution < 1.29 is 26.8 Å². The first-order valence-electron chi connectivity index (χ1n) is 4.98. The van der Waals surface area contributed by atoms with Crippen LogP contribution in [0.3, 0.4) is 0 Å². The lowest BCUT2D eigenvalue weighted by molar-refractivity contribution is 0.229. The molecule has 0 bridgehead atoms. The topological polar surface area (TPSA) is 35.5 Å². The number of halogens is 3. The second-order valence-electron chi connectivity index (χ2n) is 3.06. The van der Waals surface area contributed by atoms with Gasteiger partial charge in [-0.05, 0) is 26.0 Å². The lowest BCUT2D eigenvalue weighted by Gasteiger charge is -2.17. The van der Waals surface area contributed by atoms with E-state index in [0.717, 1.165) is 0 Å². The fourth-order valence-electron chi connectivity index (χ4n) is 1.23. The van der Waals surface area contributed by atoms with Crippen LogP contribution in [-0.2, 0) is 13.6 Å². The summed E-state index contributed by atoms with van der Waals surface area (Å²) in [6, 6.07) is 1.23. The van der Waals surface area contributed by atoms with E-state index >= 15 is 0 Å². The smallest absolute Gasteiger partial charge is 0.305 e. The van der Waals surface area contributed by atoms with Gasteiger partial charge in [0, 0.05) is 0 Å². The maximum Gasteiger partial charge on any atom is 0.361 e. The van der Waals surface area contributed by atoms with E-state index in [1.807, 2.05) is 0 Å². The summed E-state index contributed by atoms with van der Waals surface area (Å²) in [6.45, 7) is 3.19. The van der Waals surface area contributed by atoms with E-state index in [1.54, 1.807) is 13.8 Å². The molecule has 0 aromatic heterocycles. The monoisotopic (exact) mass is 268 g/mol. The van der Waals surface area contributed by atoms with E-state index in [4.69, 9.17) is 9.05 Å². The Morgan fingerprint density at radius 2 is 1.47 bits per heavy atom. The van der Waals surface area contributed by atoms with Crippen LogP contribution in [0.15, 0.2) is 12.1 Å². The highest BCUT2D eigenvalue weighted by Gasteiger charge is 2.29. The maximum absolute atomic E-state index is 13.0. The lowest BCUT2D eigenvalue weighted by atomic mass is 10.3. The summed E-state index contributed by atoms with van der Waals surface area (Å²) < 4.78 is 60.7. The van der Waals surface area contributed by atoms with Crippen LogP contribution in [0.1, 0.15) is 13.8 Å². The predicted molar refractivity (Wildman–Crippen MR) is 56.8 cm³/mol. The molecule has 0 atom stereocenters. The molecule has 0 heterocycles. The van der Waals surface area contributed by atoms with Crippen molar-refractivity contribution in [2.24, 2.45) is 0 Å². The van der Waals surface area contributed by atoms with Crippen molar-refractivity contribution in [2.75, 3.05) is 13.2 Å². The van der Waals surface area contributed by atoms with Crippen molar-refractivity contribution in [1.82, 2.24) is 0 Å². The summed E-state index contributed by atoms with van der Waals surface area (Å²) in [4.78, 5) is 0. The second kappa shape index (κ2) is 5.67. The van der Waals surface area contributed by atoms with Crippen molar-refractivity contribution in [3.05, 3.63) is 29.6 Å². The zero-order valence-electron chi connectivity index (χ0n) is 9.37. The molecule has 7 heteroatoms. The van der Waals surface area contributed by atoms with Gasteiger partial charge in [0.2, 0.25) is 0 Å². The Morgan fingerprint density at radius 1 is 1.06 bits per heavy atom. The predicted octanol–water partition coefficient (Wildman–Crippen LogP) is 3.00. The van der Waals surface area contributed by atoms with Gasteiger partial charge < -0.3 is 9.05 Å². The zero-order valence-corrected chi connectivity index (χ0v) is 10.3. The Labute approximate surface area is 97.1 Å². The minimum atomic E-state index is -3.79. The van der Waals surface area contributed by atoms with Crippen LogP contribution in [0.25, 0.3) is 0 Å². The number of hydrogen-bond donors (Lipinski definition) is 0. The SMILES string of the molecule is CCOP(=O)(OCC)c1cc(F)c(F)c(F)c1. The molecule has 0 amide bonds. The van der Waals surface area contributed by atoms with E-state index in [1.165, 1.54) is 0 Å². The average molecular weight is 268 g/mol. The van der Waals surface area contributed by atoms with Crippen LogP contribution in [0.2, 0.25) is 0 Å². The number of hydrogen-bond acceptors (Lipinski definition) is 3. The van der Waals surface area contributed by atoms with Gasteiger partial charge in [-0.15, -0.1) is 0 Å². The molecular formula is C10H12F3O3P. The first-order valence-corrected chi connectivity index (χ1v) is 6.53. The average Bonchev–Trinajstić information content (AvgIpc) is 2.26. The molecule has 1 aromatic rings. The third-order valence-corrected chi connectivity index (χ3v) is 3.97. The van der Waals surface area contributed by atoms with Crippen LogP contribution in [0, 0.1) is 17.5 Å². The maximum atomic E-state index is 13.0. The number of benzene rings is 1. The molecule has 0 fully saturated rings. The molecular weight excluding hydrogens is 256 g/mol. The van der Waals surface area contributed by atoms with Gasteiger partial charge in [0.25, 0.3) is 0 Å². The van der Waals surface area contributed by atoms with Gasteiger partial charge in [0.05, 0.1) is 18.5 Å². The first kappa shape index (κ1) is 14.2. The fourth-order valence-corrected chi connectivity index (χ4v) is 2.82. The molecule has 0 N–H and O–H groups in total. The lowest BCUT2D eigenvalue weighted by Crippen LogP contribution is -2.13. The molecule has 1 aromatic carbocycles. The molecule has 0 saturated carbocycles. The molecule has 0 aliphatic carbocycles. The van der Waals surface area contributed by atoms with Gasteiger partial charge >= 0.3 is 7.60 Å². The Morgan fingerprint density at radius 3 is 1.82 bits per heavy atom. The van der Waals surface area contributed by atoms with Gasteiger partial charge in [-0.1, -0.05) is 0 Å². The Balaban J connectivity index is 3.24. The summed E-state index contributed by atoms with van der Waals surface area (Å²) in [5.74, 6) is -4.48. The molecule has 0 radical (unpaired) electrons. The van der Waals surface area contributed by atoms with Crippen molar-refractivity contribution >= 4 is 12.9 Å². The first-order chi connectivity index (χ1) is 7.94. The largest absolute Gasteiger partial charge is 0.361 e. The summed E-state index contributed by atoms with van der Waals surface area (Å²) in [5.41, 5.74) is 0. The Hall–Kier alpha value is -0.840. The Bertz CT molecular complexity index is 417. The molecule has 0 saturated heterocycles. The van der Waals surface area contributed by atoms with E-state index < -0.39 is 25.0 Å². The molecule has 17 heavy (non-hydrogen) atoms. The molecule has 1 rings (SSSR count). The molecule has 0 unspecified atom stereocenters. The molecule has 0 spiro atoms. The van der Waals surface area contributed by atoms with Crippen LogP contribution in [0.4, 0.5) is 13.2 Å². The highest BCUT2D eigenvalue weighted by Crippen LogP contribution is 2.47. The van der Waals surface area contributed by atoms with Gasteiger partial charge in [-0.25, -0.2) is 13.2 Å². The van der Waals surface area contributed by atoms with Gasteiger partial charge in [-0.2, -0.15) is 0 Å². The zero-order chi connectivity index (χ0) is 13.1.